The molecule has 0 amide bonds. The zero-order valence-corrected chi connectivity index (χ0v) is 18.3. The lowest BCUT2D eigenvalue weighted by Gasteiger charge is -2.14. The zero-order valence-electron chi connectivity index (χ0n) is 18.3. The number of aromatic nitrogens is 2. The molecule has 2 heteroatoms. The van der Waals surface area contributed by atoms with Crippen LogP contribution in [0.3, 0.4) is 0 Å². The van der Waals surface area contributed by atoms with Gasteiger partial charge < -0.3 is 9.13 Å². The second-order valence-corrected chi connectivity index (χ2v) is 8.49. The normalized spacial score (nSPS) is 11.4. The predicted molar refractivity (Wildman–Crippen MR) is 135 cm³/mol. The second kappa shape index (κ2) is 7.28. The quantitative estimate of drug-likeness (QED) is 0.280. The molecule has 0 aliphatic rings. The molecule has 6 aromatic rings. The van der Waals surface area contributed by atoms with E-state index < -0.39 is 0 Å². The first-order valence-corrected chi connectivity index (χ1v) is 11.0. The average Bonchev–Trinajstić information content (AvgIpc) is 3.44. The highest BCUT2D eigenvalue weighted by Crippen LogP contribution is 2.31. The molecule has 32 heavy (non-hydrogen) atoms. The highest BCUT2D eigenvalue weighted by atomic mass is 15.0. The van der Waals surface area contributed by atoms with Crippen molar-refractivity contribution in [3.8, 4) is 22.5 Å². The summed E-state index contributed by atoms with van der Waals surface area (Å²) in [7, 11) is 0. The number of nitrogens with zero attached hydrogens (tertiary/aromatic N) is 2. The fraction of sp³-hybridized carbons (Fsp3) is 0.0667. The Morgan fingerprint density at radius 3 is 1.34 bits per heavy atom. The van der Waals surface area contributed by atoms with Crippen LogP contribution in [0.1, 0.15) is 11.1 Å². The van der Waals surface area contributed by atoms with Crippen molar-refractivity contribution in [3.63, 3.8) is 0 Å². The number of rotatable bonds is 3. The van der Waals surface area contributed by atoms with E-state index in [2.05, 4.69) is 132 Å². The van der Waals surface area contributed by atoms with E-state index >= 15 is 0 Å². The van der Waals surface area contributed by atoms with Crippen LogP contribution in [0, 0.1) is 13.8 Å². The summed E-state index contributed by atoms with van der Waals surface area (Å²) in [5.74, 6) is 0. The van der Waals surface area contributed by atoms with Crippen LogP contribution in [0.2, 0.25) is 0 Å². The molecule has 0 saturated carbocycles. The predicted octanol–water partition coefficient (Wildman–Crippen LogP) is 7.86. The van der Waals surface area contributed by atoms with Crippen molar-refractivity contribution >= 4 is 21.8 Å². The van der Waals surface area contributed by atoms with Gasteiger partial charge in [0.15, 0.2) is 0 Å². The maximum atomic E-state index is 2.29. The van der Waals surface area contributed by atoms with Gasteiger partial charge in [-0.25, -0.2) is 0 Å². The summed E-state index contributed by atoms with van der Waals surface area (Å²) in [6, 6.07) is 34.9. The first-order valence-electron chi connectivity index (χ1n) is 11.0. The molecule has 0 atom stereocenters. The SMILES string of the molecule is Cc1cc(-n2ccc3ccccc32)ccc1-c1ccc(-n2ccc3ccccc32)cc1C. The van der Waals surface area contributed by atoms with Crippen molar-refractivity contribution in [2.24, 2.45) is 0 Å². The average molecular weight is 413 g/mol. The summed E-state index contributed by atoms with van der Waals surface area (Å²) in [5, 5.41) is 2.52. The van der Waals surface area contributed by atoms with Crippen LogP contribution < -0.4 is 0 Å². The van der Waals surface area contributed by atoms with Crippen molar-refractivity contribution in [1.82, 2.24) is 9.13 Å². The molecular weight excluding hydrogens is 388 g/mol. The molecule has 0 unspecified atom stereocenters. The van der Waals surface area contributed by atoms with Gasteiger partial charge in [0.25, 0.3) is 0 Å². The summed E-state index contributed by atoms with van der Waals surface area (Å²) in [6.45, 7) is 4.41. The number of benzene rings is 4. The van der Waals surface area contributed by atoms with Crippen molar-refractivity contribution in [2.75, 3.05) is 0 Å². The molecule has 0 aliphatic heterocycles. The summed E-state index contributed by atoms with van der Waals surface area (Å²) in [6.07, 6.45) is 4.31. The number of hydrogen-bond donors (Lipinski definition) is 0. The van der Waals surface area contributed by atoms with Gasteiger partial charge in [0.05, 0.1) is 11.0 Å². The Bertz CT molecular complexity index is 1470. The molecular formula is C30H24N2. The van der Waals surface area contributed by atoms with Crippen molar-refractivity contribution in [3.05, 3.63) is 121 Å². The fourth-order valence-corrected chi connectivity index (χ4v) is 4.82. The highest BCUT2D eigenvalue weighted by molar-refractivity contribution is 5.83. The van der Waals surface area contributed by atoms with Crippen LogP contribution in [-0.4, -0.2) is 9.13 Å². The fourth-order valence-electron chi connectivity index (χ4n) is 4.82. The van der Waals surface area contributed by atoms with Crippen LogP contribution in [-0.2, 0) is 0 Å². The molecule has 2 nitrogen and oxygen atoms in total. The second-order valence-electron chi connectivity index (χ2n) is 8.49. The molecule has 0 N–H and O–H groups in total. The monoisotopic (exact) mass is 412 g/mol. The van der Waals surface area contributed by atoms with Gasteiger partial charge in [0.1, 0.15) is 0 Å². The molecule has 0 bridgehead atoms. The molecule has 0 spiro atoms. The minimum atomic E-state index is 1.19. The first-order chi connectivity index (χ1) is 15.7. The first kappa shape index (κ1) is 18.7. The van der Waals surface area contributed by atoms with Crippen LogP contribution >= 0.6 is 0 Å². The number of para-hydroxylation sites is 2. The maximum absolute atomic E-state index is 2.29. The third-order valence-corrected chi connectivity index (χ3v) is 6.47. The van der Waals surface area contributed by atoms with E-state index in [1.807, 2.05) is 0 Å². The van der Waals surface area contributed by atoms with E-state index in [-0.39, 0.29) is 0 Å². The largest absolute Gasteiger partial charge is 0.317 e. The van der Waals surface area contributed by atoms with Gasteiger partial charge in [-0.15, -0.1) is 0 Å². The summed E-state index contributed by atoms with van der Waals surface area (Å²) < 4.78 is 4.53. The Morgan fingerprint density at radius 1 is 0.469 bits per heavy atom. The Kier molecular flexibility index (Phi) is 4.26. The summed E-state index contributed by atoms with van der Waals surface area (Å²) >= 11 is 0. The van der Waals surface area contributed by atoms with E-state index in [4.69, 9.17) is 0 Å². The van der Waals surface area contributed by atoms with Crippen molar-refractivity contribution in [1.29, 1.82) is 0 Å². The van der Waals surface area contributed by atoms with Crippen LogP contribution in [0.5, 0.6) is 0 Å². The smallest absolute Gasteiger partial charge is 0.0528 e. The molecule has 0 saturated heterocycles. The Balaban J connectivity index is 1.39. The lowest BCUT2D eigenvalue weighted by Crippen LogP contribution is -1.96. The third kappa shape index (κ3) is 2.96. The van der Waals surface area contributed by atoms with E-state index in [1.54, 1.807) is 0 Å². The molecule has 6 rings (SSSR count). The Labute approximate surface area is 188 Å². The number of fused-ring (bicyclic) bond motifs is 2. The molecule has 154 valence electrons. The van der Waals surface area contributed by atoms with Gasteiger partial charge in [-0.1, -0.05) is 48.5 Å². The number of hydrogen-bond acceptors (Lipinski definition) is 0. The van der Waals surface area contributed by atoms with Crippen molar-refractivity contribution in [2.45, 2.75) is 13.8 Å². The Morgan fingerprint density at radius 2 is 0.906 bits per heavy atom. The lowest BCUT2D eigenvalue weighted by atomic mass is 9.95. The van der Waals surface area contributed by atoms with Crippen LogP contribution in [0.25, 0.3) is 44.3 Å². The zero-order chi connectivity index (χ0) is 21.7. The molecule has 0 fully saturated rings. The molecule has 4 aromatic carbocycles. The van der Waals surface area contributed by atoms with Gasteiger partial charge >= 0.3 is 0 Å². The summed E-state index contributed by atoms with van der Waals surface area (Å²) in [4.78, 5) is 0. The molecule has 0 aliphatic carbocycles. The number of aryl methyl sites for hydroxylation is 2. The van der Waals surface area contributed by atoms with Gasteiger partial charge in [-0.3, -0.25) is 0 Å². The van der Waals surface area contributed by atoms with Crippen molar-refractivity contribution < 1.29 is 0 Å². The highest BCUT2D eigenvalue weighted by Gasteiger charge is 2.10. The van der Waals surface area contributed by atoms with E-state index in [1.165, 1.54) is 55.4 Å². The van der Waals surface area contributed by atoms with Gasteiger partial charge in [0, 0.05) is 23.8 Å². The standard InChI is InChI=1S/C30H24N2/c1-21-19-25(31-17-15-23-7-3-5-9-29(23)31)11-13-27(21)28-14-12-26(20-22(28)2)32-18-16-24-8-4-6-10-30(24)32/h3-20H,1-2H3. The minimum Gasteiger partial charge on any atom is -0.317 e. The lowest BCUT2D eigenvalue weighted by molar-refractivity contribution is 1.12. The molecule has 2 heterocycles. The van der Waals surface area contributed by atoms with Gasteiger partial charge in [0.2, 0.25) is 0 Å². The molecule has 0 radical (unpaired) electrons. The Hall–Kier alpha value is -4.04. The van der Waals surface area contributed by atoms with E-state index in [0.29, 0.717) is 0 Å². The third-order valence-electron chi connectivity index (χ3n) is 6.47. The van der Waals surface area contributed by atoms with Gasteiger partial charge in [-0.05, 0) is 95.4 Å². The maximum Gasteiger partial charge on any atom is 0.0528 e. The van der Waals surface area contributed by atoms with E-state index in [9.17, 15) is 0 Å². The topological polar surface area (TPSA) is 9.86 Å². The minimum absolute atomic E-state index is 1.19. The van der Waals surface area contributed by atoms with Crippen LogP contribution in [0.4, 0.5) is 0 Å². The van der Waals surface area contributed by atoms with Gasteiger partial charge in [-0.2, -0.15) is 0 Å². The molecule has 2 aromatic heterocycles. The van der Waals surface area contributed by atoms with E-state index in [0.717, 1.165) is 0 Å². The van der Waals surface area contributed by atoms with Crippen LogP contribution in [0.15, 0.2) is 109 Å². The summed E-state index contributed by atoms with van der Waals surface area (Å²) in [5.41, 5.74) is 9.99.